The molecule has 0 radical (unpaired) electrons. The molecule has 33 heavy (non-hydrogen) atoms. The smallest absolute Gasteiger partial charge is 0.408 e. The van der Waals surface area contributed by atoms with Crippen LogP contribution in [0.25, 0.3) is 10.9 Å². The molecule has 1 aromatic heterocycles. The number of hydrogen-bond acceptors (Lipinski definition) is 3. The number of rotatable bonds is 8. The van der Waals surface area contributed by atoms with E-state index in [4.69, 9.17) is 4.74 Å². The van der Waals surface area contributed by atoms with Crippen LogP contribution in [0.3, 0.4) is 0 Å². The van der Waals surface area contributed by atoms with Crippen molar-refractivity contribution in [2.45, 2.75) is 32.5 Å². The van der Waals surface area contributed by atoms with E-state index in [-0.39, 0.29) is 12.5 Å². The van der Waals surface area contributed by atoms with Crippen molar-refractivity contribution >= 4 is 22.9 Å². The molecule has 0 bridgehead atoms. The molecule has 0 aliphatic carbocycles. The zero-order valence-corrected chi connectivity index (χ0v) is 18.5. The van der Waals surface area contributed by atoms with Crippen LogP contribution in [-0.4, -0.2) is 23.0 Å². The molecule has 6 nitrogen and oxygen atoms in total. The zero-order valence-electron chi connectivity index (χ0n) is 18.5. The second-order valence-corrected chi connectivity index (χ2v) is 8.03. The first kappa shape index (κ1) is 22.1. The summed E-state index contributed by atoms with van der Waals surface area (Å²) in [7, 11) is 0. The molecular weight excluding hydrogens is 414 g/mol. The van der Waals surface area contributed by atoms with Crippen molar-refractivity contribution in [3.05, 3.63) is 107 Å². The maximum atomic E-state index is 13.1. The quantitative estimate of drug-likeness (QED) is 0.373. The predicted molar refractivity (Wildman–Crippen MR) is 129 cm³/mol. The van der Waals surface area contributed by atoms with Crippen molar-refractivity contribution in [2.75, 3.05) is 0 Å². The van der Waals surface area contributed by atoms with E-state index in [1.807, 2.05) is 92.0 Å². The Kier molecular flexibility index (Phi) is 7.05. The Hall–Kier alpha value is -4.06. The zero-order chi connectivity index (χ0) is 23.0. The normalized spacial score (nSPS) is 11.7. The number of benzene rings is 3. The van der Waals surface area contributed by atoms with Gasteiger partial charge in [0.2, 0.25) is 5.91 Å². The molecule has 0 spiro atoms. The van der Waals surface area contributed by atoms with Gasteiger partial charge in [-0.1, -0.05) is 78.4 Å². The highest BCUT2D eigenvalue weighted by molar-refractivity contribution is 5.88. The number of H-pyrrole nitrogens is 1. The van der Waals surface area contributed by atoms with Crippen LogP contribution in [0.1, 0.15) is 22.3 Å². The lowest BCUT2D eigenvalue weighted by atomic mass is 10.0. The van der Waals surface area contributed by atoms with E-state index in [1.165, 1.54) is 0 Å². The summed E-state index contributed by atoms with van der Waals surface area (Å²) in [5, 5.41) is 6.71. The first-order chi connectivity index (χ1) is 16.1. The third-order valence-corrected chi connectivity index (χ3v) is 5.51. The summed E-state index contributed by atoms with van der Waals surface area (Å²) in [5.41, 5.74) is 4.96. The third kappa shape index (κ3) is 6.01. The molecule has 4 aromatic rings. The van der Waals surface area contributed by atoms with Crippen LogP contribution in [-0.2, 0) is 29.1 Å². The summed E-state index contributed by atoms with van der Waals surface area (Å²) in [6, 6.07) is 24.5. The molecule has 0 aliphatic rings. The van der Waals surface area contributed by atoms with Gasteiger partial charge >= 0.3 is 6.09 Å². The van der Waals surface area contributed by atoms with Crippen molar-refractivity contribution in [2.24, 2.45) is 0 Å². The van der Waals surface area contributed by atoms with Crippen LogP contribution in [0.2, 0.25) is 0 Å². The number of aromatic amines is 1. The largest absolute Gasteiger partial charge is 0.445 e. The van der Waals surface area contributed by atoms with Crippen molar-refractivity contribution in [1.82, 2.24) is 15.6 Å². The van der Waals surface area contributed by atoms with Crippen molar-refractivity contribution in [1.29, 1.82) is 0 Å². The summed E-state index contributed by atoms with van der Waals surface area (Å²) in [4.78, 5) is 28.8. The Balaban J connectivity index is 1.44. The molecule has 2 amide bonds. The Bertz CT molecular complexity index is 1220. The fourth-order valence-electron chi connectivity index (χ4n) is 3.66. The van der Waals surface area contributed by atoms with Gasteiger partial charge in [0.15, 0.2) is 0 Å². The maximum Gasteiger partial charge on any atom is 0.408 e. The molecule has 0 fully saturated rings. The molecule has 4 rings (SSSR count). The number of para-hydroxylation sites is 1. The summed E-state index contributed by atoms with van der Waals surface area (Å²) >= 11 is 0. The average Bonchev–Trinajstić information content (AvgIpc) is 3.25. The van der Waals surface area contributed by atoms with Crippen LogP contribution in [0.5, 0.6) is 0 Å². The van der Waals surface area contributed by atoms with Gasteiger partial charge in [0.1, 0.15) is 12.6 Å². The van der Waals surface area contributed by atoms with Gasteiger partial charge in [-0.3, -0.25) is 4.79 Å². The first-order valence-corrected chi connectivity index (χ1v) is 10.9. The van der Waals surface area contributed by atoms with E-state index in [0.717, 1.165) is 33.2 Å². The van der Waals surface area contributed by atoms with Crippen molar-refractivity contribution < 1.29 is 14.3 Å². The Morgan fingerprint density at radius 3 is 2.42 bits per heavy atom. The SMILES string of the molecule is Cc1ccc(CNC(=O)[C@H](Cc2c[nH]c3ccccc23)NC(=O)OCc2ccccc2)cc1. The number of aryl methyl sites for hydroxylation is 1. The van der Waals surface area contributed by atoms with Crippen molar-refractivity contribution in [3.8, 4) is 0 Å². The lowest BCUT2D eigenvalue weighted by molar-refractivity contribution is -0.123. The maximum absolute atomic E-state index is 13.1. The number of carbonyl (C=O) groups excluding carboxylic acids is 2. The minimum atomic E-state index is -0.780. The van der Waals surface area contributed by atoms with E-state index in [9.17, 15) is 9.59 Å². The first-order valence-electron chi connectivity index (χ1n) is 10.9. The molecule has 1 heterocycles. The molecule has 0 unspecified atom stereocenters. The van der Waals surface area contributed by atoms with Crippen LogP contribution < -0.4 is 10.6 Å². The fourth-order valence-corrected chi connectivity index (χ4v) is 3.66. The highest BCUT2D eigenvalue weighted by Crippen LogP contribution is 2.19. The second kappa shape index (κ2) is 10.5. The van der Waals surface area contributed by atoms with E-state index in [0.29, 0.717) is 13.0 Å². The highest BCUT2D eigenvalue weighted by atomic mass is 16.5. The van der Waals surface area contributed by atoms with E-state index in [1.54, 1.807) is 0 Å². The van der Waals surface area contributed by atoms with Gasteiger partial charge in [-0.15, -0.1) is 0 Å². The fraction of sp³-hybridized carbons (Fsp3) is 0.185. The number of ether oxygens (including phenoxy) is 1. The molecular formula is C27H27N3O3. The van der Waals surface area contributed by atoms with Gasteiger partial charge in [0.25, 0.3) is 0 Å². The van der Waals surface area contributed by atoms with E-state index >= 15 is 0 Å². The molecule has 6 heteroatoms. The Morgan fingerprint density at radius 1 is 0.909 bits per heavy atom. The minimum absolute atomic E-state index is 0.136. The lowest BCUT2D eigenvalue weighted by Gasteiger charge is -2.18. The van der Waals surface area contributed by atoms with Crippen LogP contribution in [0, 0.1) is 6.92 Å². The number of aromatic nitrogens is 1. The number of nitrogens with one attached hydrogen (secondary N) is 3. The Morgan fingerprint density at radius 2 is 1.64 bits per heavy atom. The molecule has 0 saturated heterocycles. The number of amides is 2. The number of hydrogen-bond donors (Lipinski definition) is 3. The van der Waals surface area contributed by atoms with Gasteiger partial charge in [-0.25, -0.2) is 4.79 Å². The second-order valence-electron chi connectivity index (χ2n) is 8.03. The monoisotopic (exact) mass is 441 g/mol. The van der Waals surface area contributed by atoms with Crippen molar-refractivity contribution in [3.63, 3.8) is 0 Å². The molecule has 3 N–H and O–H groups in total. The summed E-state index contributed by atoms with van der Waals surface area (Å²) < 4.78 is 5.35. The molecule has 1 atom stereocenters. The minimum Gasteiger partial charge on any atom is -0.445 e. The summed E-state index contributed by atoms with van der Waals surface area (Å²) in [6.45, 7) is 2.53. The van der Waals surface area contributed by atoms with E-state index in [2.05, 4.69) is 15.6 Å². The molecule has 3 aromatic carbocycles. The molecule has 0 saturated carbocycles. The molecule has 0 aliphatic heterocycles. The number of carbonyl (C=O) groups is 2. The molecule has 168 valence electrons. The standard InChI is InChI=1S/C27H27N3O3/c1-19-11-13-20(14-12-19)16-29-26(31)25(15-22-17-28-24-10-6-5-9-23(22)24)30-27(32)33-18-21-7-3-2-4-8-21/h2-14,17,25,28H,15-16,18H2,1H3,(H,29,31)(H,30,32)/t25-/m0/s1. The van der Waals surface area contributed by atoms with Gasteiger partial charge in [0.05, 0.1) is 0 Å². The van der Waals surface area contributed by atoms with Gasteiger partial charge in [0, 0.05) is 30.1 Å². The van der Waals surface area contributed by atoms with Crippen LogP contribution in [0.4, 0.5) is 4.79 Å². The highest BCUT2D eigenvalue weighted by Gasteiger charge is 2.23. The predicted octanol–water partition coefficient (Wildman–Crippen LogP) is 4.63. The average molecular weight is 442 g/mol. The number of alkyl carbamates (subject to hydrolysis) is 1. The van der Waals surface area contributed by atoms with Crippen LogP contribution in [0.15, 0.2) is 85.1 Å². The van der Waals surface area contributed by atoms with E-state index < -0.39 is 12.1 Å². The summed E-state index contributed by atoms with van der Waals surface area (Å²) in [6.07, 6.45) is 1.58. The van der Waals surface area contributed by atoms with Gasteiger partial charge in [-0.05, 0) is 29.7 Å². The third-order valence-electron chi connectivity index (χ3n) is 5.51. The topological polar surface area (TPSA) is 83.2 Å². The summed E-state index contributed by atoms with van der Waals surface area (Å²) in [5.74, 6) is -0.266. The van der Waals surface area contributed by atoms with Gasteiger partial charge < -0.3 is 20.4 Å². The number of fused-ring (bicyclic) bond motifs is 1. The van der Waals surface area contributed by atoms with Crippen LogP contribution >= 0.6 is 0 Å². The lowest BCUT2D eigenvalue weighted by Crippen LogP contribution is -2.48. The Labute approximate surface area is 193 Å². The van der Waals surface area contributed by atoms with Gasteiger partial charge in [-0.2, -0.15) is 0 Å².